The minimum atomic E-state index is -3.42. The van der Waals surface area contributed by atoms with E-state index in [0.717, 1.165) is 53.4 Å². The Labute approximate surface area is 190 Å². The molecule has 3 N–H and O–H groups in total. The van der Waals surface area contributed by atoms with E-state index >= 15 is 0 Å². The quantitative estimate of drug-likeness (QED) is 0.541. The zero-order valence-corrected chi connectivity index (χ0v) is 19.3. The lowest BCUT2D eigenvalue weighted by Gasteiger charge is -2.38. The number of aromatic nitrogens is 2. The number of fused-ring (bicyclic) bond motifs is 2. The number of hydrogen-bond acceptors (Lipinski definition) is 5. The summed E-state index contributed by atoms with van der Waals surface area (Å²) in [5.74, 6) is 0. The second-order valence-electron chi connectivity index (χ2n) is 9.06. The first kappa shape index (κ1) is 21.6. The molecular weight excluding hydrogens is 444 g/mol. The van der Waals surface area contributed by atoms with E-state index in [1.54, 1.807) is 25.4 Å². The summed E-state index contributed by atoms with van der Waals surface area (Å²) < 4.78 is 26.2. The highest BCUT2D eigenvalue weighted by atomic mass is 32.2. The highest BCUT2D eigenvalue weighted by Gasteiger charge is 2.32. The molecule has 1 aliphatic carbocycles. The molecular formula is C23H26N4O5S. The third kappa shape index (κ3) is 3.68. The van der Waals surface area contributed by atoms with Crippen LogP contribution in [0.2, 0.25) is 0 Å². The number of H-pyrrole nitrogens is 1. The summed E-state index contributed by atoms with van der Waals surface area (Å²) in [5, 5.41) is 12.5. The maximum absolute atomic E-state index is 12.8. The van der Waals surface area contributed by atoms with Crippen LogP contribution in [0, 0.1) is 0 Å². The summed E-state index contributed by atoms with van der Waals surface area (Å²) in [6.45, 7) is 0.576. The van der Waals surface area contributed by atoms with Crippen LogP contribution in [0.3, 0.4) is 0 Å². The van der Waals surface area contributed by atoms with Crippen molar-refractivity contribution in [1.82, 2.24) is 14.9 Å². The summed E-state index contributed by atoms with van der Waals surface area (Å²) in [4.78, 5) is 29.4. The van der Waals surface area contributed by atoms with Gasteiger partial charge in [0.15, 0.2) is 9.84 Å². The molecule has 1 amide bonds. The summed E-state index contributed by atoms with van der Waals surface area (Å²) in [7, 11) is -1.73. The minimum absolute atomic E-state index is 0.0592. The van der Waals surface area contributed by atoms with E-state index in [-0.39, 0.29) is 22.5 Å². The Kier molecular flexibility index (Phi) is 5.00. The summed E-state index contributed by atoms with van der Waals surface area (Å²) in [6, 6.07) is 5.31. The van der Waals surface area contributed by atoms with Crippen molar-refractivity contribution in [2.24, 2.45) is 7.05 Å². The number of aryl methyl sites for hydroxylation is 1. The number of anilines is 1. The van der Waals surface area contributed by atoms with Crippen LogP contribution in [0.5, 0.6) is 0 Å². The van der Waals surface area contributed by atoms with Gasteiger partial charge in [0, 0.05) is 66.5 Å². The Bertz CT molecular complexity index is 1430. The monoisotopic (exact) mass is 470 g/mol. The smallest absolute Gasteiger partial charge is 0.404 e. The molecule has 10 heteroatoms. The fraction of sp³-hybridized carbons (Fsp3) is 0.391. The van der Waals surface area contributed by atoms with Gasteiger partial charge in [0.25, 0.3) is 5.56 Å². The topological polar surface area (TPSA) is 124 Å². The van der Waals surface area contributed by atoms with E-state index in [9.17, 15) is 18.0 Å². The van der Waals surface area contributed by atoms with Gasteiger partial charge in [0.2, 0.25) is 0 Å². The molecule has 33 heavy (non-hydrogen) atoms. The number of nitrogens with zero attached hydrogens (tertiary/aromatic N) is 2. The van der Waals surface area contributed by atoms with Gasteiger partial charge in [-0.1, -0.05) is 0 Å². The molecule has 2 aromatic heterocycles. The third-order valence-corrected chi connectivity index (χ3v) is 8.00. The molecule has 0 atom stereocenters. The summed E-state index contributed by atoms with van der Waals surface area (Å²) >= 11 is 0. The van der Waals surface area contributed by atoms with Crippen LogP contribution in [0.1, 0.15) is 31.2 Å². The average molecular weight is 471 g/mol. The van der Waals surface area contributed by atoms with Crippen LogP contribution in [0.15, 0.2) is 40.3 Å². The van der Waals surface area contributed by atoms with Gasteiger partial charge in [-0.2, -0.15) is 0 Å². The van der Waals surface area contributed by atoms with Gasteiger partial charge >= 0.3 is 6.09 Å². The first-order valence-electron chi connectivity index (χ1n) is 10.9. The molecule has 5 rings (SSSR count). The number of sulfone groups is 1. The highest BCUT2D eigenvalue weighted by Crippen LogP contribution is 2.43. The predicted molar refractivity (Wildman–Crippen MR) is 125 cm³/mol. The van der Waals surface area contributed by atoms with Crippen molar-refractivity contribution in [1.29, 1.82) is 0 Å². The number of pyridine rings is 1. The Morgan fingerprint density at radius 3 is 2.58 bits per heavy atom. The normalized spacial score (nSPS) is 20.4. The fourth-order valence-corrected chi connectivity index (χ4v) is 5.92. The molecule has 0 spiro atoms. The van der Waals surface area contributed by atoms with E-state index in [1.807, 2.05) is 12.3 Å². The van der Waals surface area contributed by atoms with Crippen molar-refractivity contribution in [2.45, 2.75) is 49.2 Å². The SMILES string of the molecule is Cn1cc2c3c(c[nH]c3c1=O)CN([C@H]1CC[C@H](NC(=O)O)CC1)c1ccc(S(C)(=O)=O)cc1-2. The Hall–Kier alpha value is -3.27. The average Bonchev–Trinajstić information content (AvgIpc) is 3.12. The Morgan fingerprint density at radius 2 is 1.91 bits per heavy atom. The maximum atomic E-state index is 12.8. The second-order valence-corrected chi connectivity index (χ2v) is 11.1. The summed E-state index contributed by atoms with van der Waals surface area (Å²) in [5.41, 5.74) is 3.90. The second kappa shape index (κ2) is 7.65. The maximum Gasteiger partial charge on any atom is 0.404 e. The number of hydrogen-bond donors (Lipinski definition) is 3. The highest BCUT2D eigenvalue weighted by molar-refractivity contribution is 7.90. The van der Waals surface area contributed by atoms with Gasteiger partial charge in [-0.15, -0.1) is 0 Å². The number of nitrogens with one attached hydrogen (secondary N) is 2. The molecule has 9 nitrogen and oxygen atoms in total. The Morgan fingerprint density at radius 1 is 1.18 bits per heavy atom. The third-order valence-electron chi connectivity index (χ3n) is 6.89. The molecule has 1 saturated carbocycles. The van der Waals surface area contributed by atoms with Crippen molar-refractivity contribution < 1.29 is 18.3 Å². The van der Waals surface area contributed by atoms with Crippen molar-refractivity contribution in [3.05, 3.63) is 46.5 Å². The molecule has 0 bridgehead atoms. The van der Waals surface area contributed by atoms with Crippen LogP contribution in [-0.2, 0) is 23.4 Å². The van der Waals surface area contributed by atoms with Gasteiger partial charge in [0.1, 0.15) is 5.52 Å². The van der Waals surface area contributed by atoms with Gasteiger partial charge in [-0.25, -0.2) is 13.2 Å². The number of carbonyl (C=O) groups is 1. The summed E-state index contributed by atoms with van der Waals surface area (Å²) in [6.07, 6.45) is 6.92. The van der Waals surface area contributed by atoms with Crippen molar-refractivity contribution in [3.63, 3.8) is 0 Å². The van der Waals surface area contributed by atoms with Crippen molar-refractivity contribution >= 4 is 32.5 Å². The standard InChI is InChI=1S/C23H26N4O5S/c1-26-12-18-17-9-16(33(2,31)32)7-8-19(17)27(11-13-10-24-21(20(13)18)22(26)28)15-5-3-14(4-6-15)25-23(29)30/h7-10,12,14-15,24-25H,3-6,11H2,1-2H3,(H,29,30)/t14-,15-. The van der Waals surface area contributed by atoms with Crippen LogP contribution < -0.4 is 15.8 Å². The predicted octanol–water partition coefficient (Wildman–Crippen LogP) is 2.84. The zero-order chi connectivity index (χ0) is 23.5. The van der Waals surface area contributed by atoms with E-state index in [4.69, 9.17) is 5.11 Å². The first-order valence-corrected chi connectivity index (χ1v) is 12.8. The number of benzene rings is 1. The molecule has 0 unspecified atom stereocenters. The first-order chi connectivity index (χ1) is 15.6. The van der Waals surface area contributed by atoms with Crippen LogP contribution in [0.4, 0.5) is 10.5 Å². The fourth-order valence-electron chi connectivity index (χ4n) is 5.28. The molecule has 1 aromatic carbocycles. The largest absolute Gasteiger partial charge is 0.465 e. The molecule has 174 valence electrons. The molecule has 1 aliphatic heterocycles. The number of aromatic amines is 1. The lowest BCUT2D eigenvalue weighted by molar-refractivity contribution is 0.184. The zero-order valence-electron chi connectivity index (χ0n) is 18.5. The van der Waals surface area contributed by atoms with Gasteiger partial charge < -0.3 is 24.9 Å². The van der Waals surface area contributed by atoms with Gasteiger partial charge in [-0.3, -0.25) is 4.79 Å². The van der Waals surface area contributed by atoms with Crippen LogP contribution in [0.25, 0.3) is 22.0 Å². The minimum Gasteiger partial charge on any atom is -0.465 e. The molecule has 1 fully saturated rings. The van der Waals surface area contributed by atoms with E-state index in [0.29, 0.717) is 12.1 Å². The lowest BCUT2D eigenvalue weighted by Crippen LogP contribution is -2.43. The van der Waals surface area contributed by atoms with E-state index in [1.165, 1.54) is 10.8 Å². The molecule has 2 aliphatic rings. The van der Waals surface area contributed by atoms with Crippen molar-refractivity contribution in [3.8, 4) is 11.1 Å². The number of amides is 1. The number of rotatable bonds is 3. The molecule has 0 radical (unpaired) electrons. The van der Waals surface area contributed by atoms with Crippen LogP contribution >= 0.6 is 0 Å². The number of carboxylic acid groups (broad SMARTS) is 1. The Balaban J connectivity index is 1.66. The molecule has 0 saturated heterocycles. The van der Waals surface area contributed by atoms with Gasteiger partial charge in [-0.05, 0) is 49.4 Å². The van der Waals surface area contributed by atoms with Gasteiger partial charge in [0.05, 0.1) is 4.90 Å². The lowest BCUT2D eigenvalue weighted by atomic mass is 9.89. The van der Waals surface area contributed by atoms with E-state index < -0.39 is 15.9 Å². The van der Waals surface area contributed by atoms with E-state index in [2.05, 4.69) is 15.2 Å². The van der Waals surface area contributed by atoms with Crippen molar-refractivity contribution in [2.75, 3.05) is 11.2 Å². The molecule has 3 heterocycles. The van der Waals surface area contributed by atoms with Crippen LogP contribution in [-0.4, -0.2) is 47.5 Å². The molecule has 3 aromatic rings.